The van der Waals surface area contributed by atoms with E-state index < -0.39 is 30.2 Å². The summed E-state index contributed by atoms with van der Waals surface area (Å²) in [6, 6.07) is 12.9. The SMILES string of the molecule is Nc1ccc2c(c1)[C@H]([C@H](CC(=O)O)C(=O)O)c1ccccc1-2. The van der Waals surface area contributed by atoms with Crippen LogP contribution in [0, 0.1) is 5.92 Å². The van der Waals surface area contributed by atoms with Crippen LogP contribution in [0.4, 0.5) is 5.69 Å². The highest BCUT2D eigenvalue weighted by molar-refractivity contribution is 5.86. The second kappa shape index (κ2) is 5.18. The van der Waals surface area contributed by atoms with E-state index in [1.165, 1.54) is 0 Å². The van der Waals surface area contributed by atoms with E-state index in [1.807, 2.05) is 30.3 Å². The molecular weight excluding hydrogens is 282 g/mol. The number of hydrogen-bond donors (Lipinski definition) is 3. The highest BCUT2D eigenvalue weighted by atomic mass is 16.4. The van der Waals surface area contributed by atoms with Gasteiger partial charge >= 0.3 is 11.9 Å². The molecule has 0 radical (unpaired) electrons. The van der Waals surface area contributed by atoms with Gasteiger partial charge in [0.05, 0.1) is 12.3 Å². The summed E-state index contributed by atoms with van der Waals surface area (Å²) in [5, 5.41) is 18.6. The number of nitrogen functional groups attached to an aromatic ring is 1. The number of fused-ring (bicyclic) bond motifs is 3. The number of hydrogen-bond acceptors (Lipinski definition) is 3. The first-order valence-electron chi connectivity index (χ1n) is 6.92. The molecular formula is C17H15NO4. The summed E-state index contributed by atoms with van der Waals surface area (Å²) in [5.41, 5.74) is 9.88. The number of carboxylic acid groups (broad SMARTS) is 2. The Morgan fingerprint density at radius 2 is 1.73 bits per heavy atom. The average molecular weight is 297 g/mol. The van der Waals surface area contributed by atoms with Gasteiger partial charge in [-0.25, -0.2) is 0 Å². The van der Waals surface area contributed by atoms with Gasteiger partial charge in [0.15, 0.2) is 0 Å². The molecule has 1 aliphatic rings. The van der Waals surface area contributed by atoms with Crippen LogP contribution >= 0.6 is 0 Å². The summed E-state index contributed by atoms with van der Waals surface area (Å²) in [6.45, 7) is 0. The molecule has 0 saturated heterocycles. The Morgan fingerprint density at radius 3 is 2.41 bits per heavy atom. The third-order valence-electron chi connectivity index (χ3n) is 4.11. The largest absolute Gasteiger partial charge is 0.481 e. The van der Waals surface area contributed by atoms with Crippen molar-refractivity contribution in [3.63, 3.8) is 0 Å². The lowest BCUT2D eigenvalue weighted by atomic mass is 9.82. The van der Waals surface area contributed by atoms with Crippen LogP contribution in [0.5, 0.6) is 0 Å². The van der Waals surface area contributed by atoms with E-state index in [9.17, 15) is 14.7 Å². The summed E-state index contributed by atoms with van der Waals surface area (Å²) >= 11 is 0. The molecule has 2 aromatic rings. The standard InChI is InChI=1S/C17H15NO4/c18-9-5-6-11-10-3-1-2-4-12(10)16(13(11)7-9)14(17(21)22)8-15(19)20/h1-7,14,16H,8,18H2,(H,19,20)(H,21,22)/t14-,16+/m0/s1. The Bertz CT molecular complexity index is 769. The van der Waals surface area contributed by atoms with Gasteiger partial charge in [0.1, 0.15) is 0 Å². The summed E-state index contributed by atoms with van der Waals surface area (Å²) in [4.78, 5) is 22.7. The molecule has 2 atom stereocenters. The highest BCUT2D eigenvalue weighted by Crippen LogP contribution is 2.49. The predicted molar refractivity (Wildman–Crippen MR) is 81.5 cm³/mol. The second-order valence-electron chi connectivity index (χ2n) is 5.45. The number of carbonyl (C=O) groups is 2. The quantitative estimate of drug-likeness (QED) is 0.753. The third-order valence-corrected chi connectivity index (χ3v) is 4.11. The van der Waals surface area contributed by atoms with Crippen molar-refractivity contribution in [3.8, 4) is 11.1 Å². The Kier molecular flexibility index (Phi) is 3.33. The van der Waals surface area contributed by atoms with Gasteiger partial charge in [0, 0.05) is 11.6 Å². The lowest BCUT2D eigenvalue weighted by Gasteiger charge is -2.20. The van der Waals surface area contributed by atoms with Crippen molar-refractivity contribution in [1.82, 2.24) is 0 Å². The Balaban J connectivity index is 2.20. The van der Waals surface area contributed by atoms with E-state index in [0.29, 0.717) is 5.69 Å². The maximum Gasteiger partial charge on any atom is 0.308 e. The minimum Gasteiger partial charge on any atom is -0.481 e. The van der Waals surface area contributed by atoms with Crippen molar-refractivity contribution in [2.45, 2.75) is 12.3 Å². The molecule has 22 heavy (non-hydrogen) atoms. The first kappa shape index (κ1) is 14.1. The van der Waals surface area contributed by atoms with Crippen LogP contribution in [0.2, 0.25) is 0 Å². The van der Waals surface area contributed by atoms with Gasteiger partial charge in [0.2, 0.25) is 0 Å². The highest BCUT2D eigenvalue weighted by Gasteiger charge is 2.39. The third kappa shape index (κ3) is 2.20. The van der Waals surface area contributed by atoms with Gasteiger partial charge in [-0.15, -0.1) is 0 Å². The Labute approximate surface area is 127 Å². The van der Waals surface area contributed by atoms with Crippen molar-refractivity contribution in [2.24, 2.45) is 5.92 Å². The van der Waals surface area contributed by atoms with Crippen LogP contribution in [0.1, 0.15) is 23.5 Å². The van der Waals surface area contributed by atoms with Gasteiger partial charge in [-0.1, -0.05) is 30.3 Å². The molecule has 5 heteroatoms. The van der Waals surface area contributed by atoms with Crippen LogP contribution in [0.25, 0.3) is 11.1 Å². The molecule has 0 unspecified atom stereocenters. The van der Waals surface area contributed by atoms with Crippen LogP contribution in [0.3, 0.4) is 0 Å². The maximum atomic E-state index is 11.6. The molecule has 112 valence electrons. The van der Waals surface area contributed by atoms with E-state index in [2.05, 4.69) is 0 Å². The van der Waals surface area contributed by atoms with Crippen molar-refractivity contribution < 1.29 is 19.8 Å². The van der Waals surface area contributed by atoms with Gasteiger partial charge in [-0.2, -0.15) is 0 Å². The van der Waals surface area contributed by atoms with Gasteiger partial charge in [0.25, 0.3) is 0 Å². The molecule has 0 saturated carbocycles. The topological polar surface area (TPSA) is 101 Å². The van der Waals surface area contributed by atoms with Crippen LogP contribution < -0.4 is 5.73 Å². The average Bonchev–Trinajstić information content (AvgIpc) is 2.77. The monoisotopic (exact) mass is 297 g/mol. The normalized spacial score (nSPS) is 16.6. The first-order chi connectivity index (χ1) is 10.5. The minimum atomic E-state index is -1.12. The Hall–Kier alpha value is -2.82. The van der Waals surface area contributed by atoms with E-state index in [4.69, 9.17) is 10.8 Å². The number of carboxylic acids is 2. The van der Waals surface area contributed by atoms with Crippen LogP contribution in [-0.4, -0.2) is 22.2 Å². The Morgan fingerprint density at radius 1 is 1.05 bits per heavy atom. The minimum absolute atomic E-state index is 0.428. The summed E-state index contributed by atoms with van der Waals surface area (Å²) in [5.74, 6) is -3.76. The molecule has 3 rings (SSSR count). The zero-order valence-electron chi connectivity index (χ0n) is 11.7. The van der Waals surface area contributed by atoms with Crippen LogP contribution in [-0.2, 0) is 9.59 Å². The van der Waals surface area contributed by atoms with E-state index >= 15 is 0 Å². The molecule has 0 spiro atoms. The van der Waals surface area contributed by atoms with E-state index in [0.717, 1.165) is 22.3 Å². The fourth-order valence-electron chi connectivity index (χ4n) is 3.23. The number of nitrogens with two attached hydrogens (primary N) is 1. The van der Waals surface area contributed by atoms with Crippen molar-refractivity contribution >= 4 is 17.6 Å². The zero-order chi connectivity index (χ0) is 15.9. The molecule has 4 N–H and O–H groups in total. The summed E-state index contributed by atoms with van der Waals surface area (Å²) in [7, 11) is 0. The summed E-state index contributed by atoms with van der Waals surface area (Å²) < 4.78 is 0. The number of rotatable bonds is 4. The maximum absolute atomic E-state index is 11.6. The molecule has 2 aromatic carbocycles. The fourth-order valence-corrected chi connectivity index (χ4v) is 3.23. The molecule has 0 fully saturated rings. The lowest BCUT2D eigenvalue weighted by molar-refractivity contribution is -0.148. The van der Waals surface area contributed by atoms with E-state index in [1.54, 1.807) is 12.1 Å². The summed E-state index contributed by atoms with van der Waals surface area (Å²) in [6.07, 6.45) is -0.428. The lowest BCUT2D eigenvalue weighted by Crippen LogP contribution is -2.24. The van der Waals surface area contributed by atoms with Gasteiger partial charge in [-0.3, -0.25) is 9.59 Å². The molecule has 0 aliphatic heterocycles. The van der Waals surface area contributed by atoms with Gasteiger partial charge in [-0.05, 0) is 34.4 Å². The number of benzene rings is 2. The molecule has 5 nitrogen and oxygen atoms in total. The molecule has 0 bridgehead atoms. The van der Waals surface area contributed by atoms with Crippen molar-refractivity contribution in [1.29, 1.82) is 0 Å². The molecule has 0 aromatic heterocycles. The zero-order valence-corrected chi connectivity index (χ0v) is 11.7. The van der Waals surface area contributed by atoms with Gasteiger partial charge < -0.3 is 15.9 Å². The second-order valence-corrected chi connectivity index (χ2v) is 5.45. The van der Waals surface area contributed by atoms with E-state index in [-0.39, 0.29) is 0 Å². The molecule has 0 heterocycles. The molecule has 1 aliphatic carbocycles. The number of anilines is 1. The molecule has 0 amide bonds. The van der Waals surface area contributed by atoms with Crippen molar-refractivity contribution in [3.05, 3.63) is 53.6 Å². The predicted octanol–water partition coefficient (Wildman–Crippen LogP) is 2.56. The van der Waals surface area contributed by atoms with Crippen LogP contribution in [0.15, 0.2) is 42.5 Å². The van der Waals surface area contributed by atoms with Crippen molar-refractivity contribution in [2.75, 3.05) is 5.73 Å². The fraction of sp³-hybridized carbons (Fsp3) is 0.176. The first-order valence-corrected chi connectivity index (χ1v) is 6.92. The smallest absolute Gasteiger partial charge is 0.308 e. The number of aliphatic carboxylic acids is 2.